The molecule has 0 aliphatic carbocycles. The number of hydrogen-bond donors (Lipinski definition) is 1. The van der Waals surface area contributed by atoms with Gasteiger partial charge in [-0.15, -0.1) is 0 Å². The Morgan fingerprint density at radius 3 is 2.64 bits per heavy atom. The van der Waals surface area contributed by atoms with Crippen LogP contribution in [0.1, 0.15) is 23.6 Å². The number of thiocarbonyl (C=S) groups is 1. The summed E-state index contributed by atoms with van der Waals surface area (Å²) < 4.78 is 5.97. The van der Waals surface area contributed by atoms with Gasteiger partial charge in [0.25, 0.3) is 5.91 Å². The van der Waals surface area contributed by atoms with Gasteiger partial charge in [-0.1, -0.05) is 59.9 Å². The van der Waals surface area contributed by atoms with Crippen LogP contribution in [0, 0.1) is 13.8 Å². The molecular formula is C21H19NO4S2. The minimum absolute atomic E-state index is 0.206. The van der Waals surface area contributed by atoms with Crippen LogP contribution in [0.3, 0.4) is 0 Å². The highest BCUT2D eigenvalue weighted by atomic mass is 32.2. The summed E-state index contributed by atoms with van der Waals surface area (Å²) in [4.78, 5) is 26.1. The average molecular weight is 414 g/mol. The molecule has 1 fully saturated rings. The van der Waals surface area contributed by atoms with Crippen molar-refractivity contribution in [3.63, 3.8) is 0 Å². The van der Waals surface area contributed by atoms with Gasteiger partial charge in [0.05, 0.1) is 10.6 Å². The van der Waals surface area contributed by atoms with E-state index in [-0.39, 0.29) is 5.91 Å². The number of carbonyl (C=O) groups is 2. The van der Waals surface area contributed by atoms with Gasteiger partial charge in [-0.05, 0) is 44.5 Å². The summed E-state index contributed by atoms with van der Waals surface area (Å²) in [6, 6.07) is 12.8. The van der Waals surface area contributed by atoms with Crippen molar-refractivity contribution < 1.29 is 19.4 Å². The first-order chi connectivity index (χ1) is 13.3. The predicted octanol–water partition coefficient (Wildman–Crippen LogP) is 4.56. The Morgan fingerprint density at radius 2 is 1.96 bits per heavy atom. The van der Waals surface area contributed by atoms with E-state index in [9.17, 15) is 9.59 Å². The SMILES string of the molecule is Cc1ccc(N2C(=O)/C(=C\c3ccccc3OC(C)C(=O)O)SC2=S)c(C)c1. The summed E-state index contributed by atoms with van der Waals surface area (Å²) >= 11 is 6.66. The van der Waals surface area contributed by atoms with Crippen LogP contribution in [0.25, 0.3) is 6.08 Å². The van der Waals surface area contributed by atoms with E-state index in [0.29, 0.717) is 20.5 Å². The molecule has 1 saturated heterocycles. The lowest BCUT2D eigenvalue weighted by Crippen LogP contribution is -2.28. The highest BCUT2D eigenvalue weighted by molar-refractivity contribution is 8.27. The van der Waals surface area contributed by atoms with E-state index in [1.165, 1.54) is 23.6 Å². The van der Waals surface area contributed by atoms with Crippen LogP contribution in [0.15, 0.2) is 47.4 Å². The first kappa shape index (κ1) is 20.1. The van der Waals surface area contributed by atoms with Gasteiger partial charge in [-0.3, -0.25) is 9.69 Å². The average Bonchev–Trinajstić information content (AvgIpc) is 2.90. The molecule has 0 saturated carbocycles. The lowest BCUT2D eigenvalue weighted by Gasteiger charge is -2.17. The van der Waals surface area contributed by atoms with Crippen molar-refractivity contribution in [2.75, 3.05) is 4.90 Å². The second kappa shape index (κ2) is 8.16. The van der Waals surface area contributed by atoms with Crippen molar-refractivity contribution in [2.45, 2.75) is 26.9 Å². The topological polar surface area (TPSA) is 66.8 Å². The fourth-order valence-electron chi connectivity index (χ4n) is 2.82. The highest BCUT2D eigenvalue weighted by Gasteiger charge is 2.34. The first-order valence-corrected chi connectivity index (χ1v) is 9.84. The minimum Gasteiger partial charge on any atom is -0.479 e. The summed E-state index contributed by atoms with van der Waals surface area (Å²) in [6.45, 7) is 5.40. The second-order valence-corrected chi connectivity index (χ2v) is 8.12. The lowest BCUT2D eigenvalue weighted by molar-refractivity contribution is -0.144. The Balaban J connectivity index is 1.94. The van der Waals surface area contributed by atoms with Gasteiger partial charge in [0.15, 0.2) is 10.4 Å². The Morgan fingerprint density at radius 1 is 1.25 bits per heavy atom. The largest absolute Gasteiger partial charge is 0.479 e. The van der Waals surface area contributed by atoms with Gasteiger partial charge in [0, 0.05) is 5.56 Å². The van der Waals surface area contributed by atoms with E-state index in [4.69, 9.17) is 22.1 Å². The Kier molecular flexibility index (Phi) is 5.86. The van der Waals surface area contributed by atoms with E-state index >= 15 is 0 Å². The summed E-state index contributed by atoms with van der Waals surface area (Å²) in [7, 11) is 0. The standard InChI is InChI=1S/C21H19NO4S2/c1-12-8-9-16(13(2)10-12)22-19(23)18(28-21(22)27)11-15-6-4-5-7-17(15)26-14(3)20(24)25/h4-11,14H,1-3H3,(H,24,25)/b18-11+. The van der Waals surface area contributed by atoms with E-state index in [0.717, 1.165) is 16.8 Å². The molecule has 0 radical (unpaired) electrons. The van der Waals surface area contributed by atoms with Crippen LogP contribution in [0.4, 0.5) is 5.69 Å². The number of thioether (sulfide) groups is 1. The zero-order valence-corrected chi connectivity index (χ0v) is 17.3. The molecule has 1 heterocycles. The second-order valence-electron chi connectivity index (χ2n) is 6.44. The molecule has 7 heteroatoms. The van der Waals surface area contributed by atoms with Gasteiger partial charge in [-0.2, -0.15) is 0 Å². The molecule has 1 unspecified atom stereocenters. The Labute approximate surface area is 173 Å². The van der Waals surface area contributed by atoms with Crippen LogP contribution < -0.4 is 9.64 Å². The number of rotatable bonds is 5. The number of carbonyl (C=O) groups excluding carboxylic acids is 1. The molecule has 1 atom stereocenters. The maximum atomic E-state index is 13.0. The fourth-order valence-corrected chi connectivity index (χ4v) is 4.10. The van der Waals surface area contributed by atoms with Crippen molar-refractivity contribution in [3.05, 3.63) is 64.1 Å². The zero-order chi connectivity index (χ0) is 20.4. The Bertz CT molecular complexity index is 1000. The van der Waals surface area contributed by atoms with Gasteiger partial charge >= 0.3 is 5.97 Å². The third-order valence-electron chi connectivity index (χ3n) is 4.24. The molecule has 28 heavy (non-hydrogen) atoms. The van der Waals surface area contributed by atoms with Gasteiger partial charge in [-0.25, -0.2) is 4.79 Å². The molecule has 0 aromatic heterocycles. The van der Waals surface area contributed by atoms with E-state index in [1.54, 1.807) is 30.3 Å². The summed E-state index contributed by atoms with van der Waals surface area (Å²) in [5.41, 5.74) is 3.47. The summed E-state index contributed by atoms with van der Waals surface area (Å²) in [5, 5.41) is 9.08. The van der Waals surface area contributed by atoms with E-state index in [2.05, 4.69) is 0 Å². The van der Waals surface area contributed by atoms with Crippen molar-refractivity contribution >= 4 is 51.9 Å². The number of aliphatic carboxylic acids is 1. The van der Waals surface area contributed by atoms with E-state index < -0.39 is 12.1 Å². The number of nitrogens with zero attached hydrogens (tertiary/aromatic N) is 1. The molecule has 0 bridgehead atoms. The molecule has 1 amide bonds. The molecule has 3 rings (SSSR count). The van der Waals surface area contributed by atoms with Gasteiger partial charge < -0.3 is 9.84 Å². The maximum absolute atomic E-state index is 13.0. The van der Waals surface area contributed by atoms with Crippen molar-refractivity contribution in [2.24, 2.45) is 0 Å². The number of carboxylic acid groups (broad SMARTS) is 1. The van der Waals surface area contributed by atoms with Crippen LogP contribution in [-0.2, 0) is 9.59 Å². The number of aryl methyl sites for hydroxylation is 2. The van der Waals surface area contributed by atoms with Crippen molar-refractivity contribution in [1.82, 2.24) is 0 Å². The molecule has 1 aliphatic rings. The first-order valence-electron chi connectivity index (χ1n) is 8.61. The predicted molar refractivity (Wildman–Crippen MR) is 116 cm³/mol. The van der Waals surface area contributed by atoms with Gasteiger partial charge in [0.2, 0.25) is 0 Å². The van der Waals surface area contributed by atoms with Gasteiger partial charge in [0.1, 0.15) is 5.75 Å². The number of anilines is 1. The zero-order valence-electron chi connectivity index (χ0n) is 15.6. The number of hydrogen-bond acceptors (Lipinski definition) is 5. The number of benzene rings is 2. The molecule has 2 aromatic rings. The monoisotopic (exact) mass is 413 g/mol. The van der Waals surface area contributed by atoms with E-state index in [1.807, 2.05) is 32.0 Å². The molecule has 0 spiro atoms. The van der Waals surface area contributed by atoms with Crippen molar-refractivity contribution in [3.8, 4) is 5.75 Å². The van der Waals surface area contributed by atoms with Crippen LogP contribution in [0.2, 0.25) is 0 Å². The van der Waals surface area contributed by atoms with Crippen LogP contribution >= 0.6 is 24.0 Å². The fraction of sp³-hybridized carbons (Fsp3) is 0.190. The number of ether oxygens (including phenoxy) is 1. The number of carboxylic acids is 1. The molecule has 144 valence electrons. The highest BCUT2D eigenvalue weighted by Crippen LogP contribution is 2.38. The van der Waals surface area contributed by atoms with Crippen molar-refractivity contribution in [1.29, 1.82) is 0 Å². The normalized spacial score (nSPS) is 16.5. The van der Waals surface area contributed by atoms with Crippen LogP contribution in [-0.4, -0.2) is 27.4 Å². The number of para-hydroxylation sites is 1. The maximum Gasteiger partial charge on any atom is 0.344 e. The molecule has 1 aliphatic heterocycles. The molecule has 5 nitrogen and oxygen atoms in total. The quantitative estimate of drug-likeness (QED) is 0.573. The minimum atomic E-state index is -1.06. The van der Waals surface area contributed by atoms with Crippen LogP contribution in [0.5, 0.6) is 5.75 Å². The third-order valence-corrected chi connectivity index (χ3v) is 5.55. The Hall–Kier alpha value is -2.64. The molecule has 1 N–H and O–H groups in total. The molecular weight excluding hydrogens is 394 g/mol. The lowest BCUT2D eigenvalue weighted by atomic mass is 10.1. The third kappa shape index (κ3) is 4.10. The molecule has 2 aromatic carbocycles. The number of amides is 1. The summed E-state index contributed by atoms with van der Waals surface area (Å²) in [6.07, 6.45) is 0.687. The summed E-state index contributed by atoms with van der Waals surface area (Å²) in [5.74, 6) is -0.867. The smallest absolute Gasteiger partial charge is 0.344 e.